The number of carboxylic acids is 1. The number of hydrogen-bond acceptors (Lipinski definition) is 5. The van der Waals surface area contributed by atoms with Crippen molar-refractivity contribution < 1.29 is 44.6 Å². The molecule has 5 rings (SSSR count). The zero-order valence-corrected chi connectivity index (χ0v) is 28.0. The van der Waals surface area contributed by atoms with Crippen LogP contribution in [0, 0.1) is 5.41 Å². The van der Waals surface area contributed by atoms with E-state index in [1.54, 1.807) is 0 Å². The number of carboxylic acid groups (broad SMARTS) is 1. The number of aromatic nitrogens is 1. The topological polar surface area (TPSA) is 73.2 Å². The molecule has 0 radical (unpaired) electrons. The van der Waals surface area contributed by atoms with Crippen LogP contribution >= 0.6 is 23.4 Å². The molecule has 42 heavy (non-hydrogen) atoms. The fourth-order valence-electron chi connectivity index (χ4n) is 5.34. The molecule has 1 atom stereocenters. The predicted octanol–water partition coefficient (Wildman–Crippen LogP) is 4.62. The Labute approximate surface area is 279 Å². The summed E-state index contributed by atoms with van der Waals surface area (Å²) < 4.78 is 0. The summed E-state index contributed by atoms with van der Waals surface area (Å²) in [6.07, 6.45) is 7.78. The first kappa shape index (κ1) is 32.8. The quantitative estimate of drug-likeness (QED) is 0.238. The Balaban J connectivity index is 0.00000405. The van der Waals surface area contributed by atoms with Gasteiger partial charge >= 0.3 is 29.6 Å². The Hall–Kier alpha value is -2.12. The van der Waals surface area contributed by atoms with Crippen LogP contribution in [0.2, 0.25) is 5.02 Å². The number of halogens is 1. The maximum absolute atomic E-state index is 11.4. The molecule has 0 bridgehead atoms. The van der Waals surface area contributed by atoms with E-state index in [1.807, 2.05) is 80.2 Å². The fraction of sp³-hybridized carbons (Fsp3) is 0.314. The minimum atomic E-state index is -0.963. The Kier molecular flexibility index (Phi) is 11.0. The van der Waals surface area contributed by atoms with Gasteiger partial charge in [-0.15, -0.1) is 0 Å². The standard InChI is InChI=1S/C35H36ClNO3S.Na/c1-34(2,40)30-9-4-3-7-25(30)13-17-32(41-23-35(18-19-35)22-33(38)39)27-8-5-6-24(20-27)10-15-29-16-12-26-11-14-28(36)21-31(26)37-29;/h3-12,14-16,20-21,32,40H,13,17-19,22-23H2,1-2H3,(H,38,39);/q;+1/p-1/b15-10-;/t32-;/m1./s1. The van der Waals surface area contributed by atoms with E-state index in [4.69, 9.17) is 16.6 Å². The average Bonchev–Trinajstić information content (AvgIpc) is 3.70. The molecule has 1 aliphatic rings. The number of pyridine rings is 1. The molecule has 1 N–H and O–H groups in total. The first-order valence-corrected chi connectivity index (χ1v) is 15.5. The largest absolute Gasteiger partial charge is 1.00 e. The van der Waals surface area contributed by atoms with Crippen LogP contribution < -0.4 is 34.7 Å². The zero-order chi connectivity index (χ0) is 29.0. The van der Waals surface area contributed by atoms with Crippen LogP contribution in [-0.2, 0) is 16.8 Å². The number of carbonyl (C=O) groups is 1. The van der Waals surface area contributed by atoms with E-state index in [0.29, 0.717) is 5.02 Å². The van der Waals surface area contributed by atoms with E-state index in [9.17, 15) is 15.0 Å². The fourth-order valence-corrected chi connectivity index (χ4v) is 7.08. The third-order valence-electron chi connectivity index (χ3n) is 7.82. The Morgan fingerprint density at radius 2 is 1.83 bits per heavy atom. The van der Waals surface area contributed by atoms with Gasteiger partial charge in [0, 0.05) is 21.6 Å². The Bertz CT molecular complexity index is 1580. The summed E-state index contributed by atoms with van der Waals surface area (Å²) in [5.41, 5.74) is 5.03. The summed E-state index contributed by atoms with van der Waals surface area (Å²) in [6.45, 7) is 3.65. The predicted molar refractivity (Wildman–Crippen MR) is 169 cm³/mol. The van der Waals surface area contributed by atoms with Gasteiger partial charge < -0.3 is 15.0 Å². The zero-order valence-electron chi connectivity index (χ0n) is 24.5. The number of fused-ring (bicyclic) bond motifs is 1. The Morgan fingerprint density at radius 3 is 2.57 bits per heavy atom. The molecule has 0 saturated heterocycles. The molecular formula is C35H35ClNNaO3S. The molecule has 0 aliphatic heterocycles. The van der Waals surface area contributed by atoms with E-state index in [2.05, 4.69) is 36.4 Å². The van der Waals surface area contributed by atoms with Crippen molar-refractivity contribution in [1.29, 1.82) is 0 Å². The molecule has 4 nitrogen and oxygen atoms in total. The van der Waals surface area contributed by atoms with Crippen molar-refractivity contribution in [2.45, 2.75) is 56.8 Å². The van der Waals surface area contributed by atoms with E-state index in [-0.39, 0.29) is 46.6 Å². The first-order valence-electron chi connectivity index (χ1n) is 14.1. The third kappa shape index (κ3) is 8.72. The van der Waals surface area contributed by atoms with Crippen LogP contribution in [0.3, 0.4) is 0 Å². The molecule has 0 spiro atoms. The molecule has 1 aliphatic carbocycles. The molecule has 0 amide bonds. The van der Waals surface area contributed by atoms with E-state index < -0.39 is 11.6 Å². The first-order chi connectivity index (χ1) is 19.6. The molecule has 212 valence electrons. The van der Waals surface area contributed by atoms with Crippen molar-refractivity contribution in [2.24, 2.45) is 5.41 Å². The van der Waals surface area contributed by atoms with Crippen molar-refractivity contribution in [1.82, 2.24) is 4.98 Å². The monoisotopic (exact) mass is 607 g/mol. The van der Waals surface area contributed by atoms with Crippen LogP contribution in [0.4, 0.5) is 0 Å². The van der Waals surface area contributed by atoms with Gasteiger partial charge in [-0.3, -0.25) is 0 Å². The number of rotatable bonds is 12. The molecule has 1 aromatic heterocycles. The van der Waals surface area contributed by atoms with Gasteiger partial charge in [0.05, 0.1) is 16.8 Å². The number of aryl methyl sites for hydroxylation is 1. The molecule has 1 saturated carbocycles. The molecule has 1 heterocycles. The summed E-state index contributed by atoms with van der Waals surface area (Å²) in [4.78, 5) is 16.1. The molecular weight excluding hydrogens is 573 g/mol. The molecule has 4 aromatic rings. The van der Waals surface area contributed by atoms with Gasteiger partial charge in [0.25, 0.3) is 0 Å². The van der Waals surface area contributed by atoms with Gasteiger partial charge in [-0.1, -0.05) is 78.3 Å². The van der Waals surface area contributed by atoms with Gasteiger partial charge in [0.2, 0.25) is 0 Å². The molecule has 7 heteroatoms. The van der Waals surface area contributed by atoms with Crippen LogP contribution in [0.25, 0.3) is 23.1 Å². The molecule has 0 unspecified atom stereocenters. The van der Waals surface area contributed by atoms with Crippen LogP contribution in [-0.4, -0.2) is 21.8 Å². The third-order valence-corrected chi connectivity index (χ3v) is 9.75. The van der Waals surface area contributed by atoms with E-state index in [0.717, 1.165) is 64.7 Å². The number of aliphatic carboxylic acids is 1. The number of nitrogens with zero attached hydrogens (tertiary/aromatic N) is 1. The van der Waals surface area contributed by atoms with Gasteiger partial charge in [0.1, 0.15) is 0 Å². The minimum absolute atomic E-state index is 0. The van der Waals surface area contributed by atoms with Crippen molar-refractivity contribution in [2.75, 3.05) is 5.75 Å². The second-order valence-electron chi connectivity index (χ2n) is 11.7. The number of thioether (sulfide) groups is 1. The van der Waals surface area contributed by atoms with Crippen LogP contribution in [0.1, 0.15) is 72.7 Å². The van der Waals surface area contributed by atoms with E-state index >= 15 is 0 Å². The van der Waals surface area contributed by atoms with Crippen molar-refractivity contribution >= 4 is 52.4 Å². The normalized spacial score (nSPS) is 15.0. The van der Waals surface area contributed by atoms with Gasteiger partial charge in [0.15, 0.2) is 0 Å². The van der Waals surface area contributed by atoms with Crippen LogP contribution in [0.15, 0.2) is 78.9 Å². The summed E-state index contributed by atoms with van der Waals surface area (Å²) in [5.74, 6) is -0.168. The molecule has 1 fully saturated rings. The number of carbonyl (C=O) groups excluding carboxylic acids is 1. The van der Waals surface area contributed by atoms with Gasteiger partial charge in [-0.05, 0) is 104 Å². The molecule has 3 aromatic carbocycles. The van der Waals surface area contributed by atoms with Crippen molar-refractivity contribution in [3.63, 3.8) is 0 Å². The summed E-state index contributed by atoms with van der Waals surface area (Å²) in [5, 5.41) is 24.0. The number of hydrogen-bond donors (Lipinski definition) is 1. The second kappa shape index (κ2) is 14.1. The van der Waals surface area contributed by atoms with Gasteiger partial charge in [-0.2, -0.15) is 11.8 Å². The minimum Gasteiger partial charge on any atom is -0.550 e. The maximum atomic E-state index is 11.4. The maximum Gasteiger partial charge on any atom is 1.00 e. The van der Waals surface area contributed by atoms with Gasteiger partial charge in [-0.25, -0.2) is 4.98 Å². The smallest absolute Gasteiger partial charge is 0.550 e. The average molecular weight is 608 g/mol. The summed E-state index contributed by atoms with van der Waals surface area (Å²) in [7, 11) is 0. The number of benzene rings is 3. The SMILES string of the molecule is CC(C)(O)c1ccccc1CC[C@@H](SCC1(CC(=O)[O-])CC1)c1cccc(/C=C\c2ccc3ccc(Cl)cc3n2)c1.[Na+]. The van der Waals surface area contributed by atoms with Crippen molar-refractivity contribution in [3.8, 4) is 0 Å². The Morgan fingerprint density at radius 1 is 1.07 bits per heavy atom. The van der Waals surface area contributed by atoms with E-state index in [1.165, 1.54) is 5.56 Å². The summed E-state index contributed by atoms with van der Waals surface area (Å²) in [6, 6.07) is 26.4. The second-order valence-corrected chi connectivity index (χ2v) is 13.3. The van der Waals surface area contributed by atoms with Crippen molar-refractivity contribution in [3.05, 3.63) is 112 Å². The van der Waals surface area contributed by atoms with Crippen LogP contribution in [0.5, 0.6) is 0 Å². The number of aliphatic hydroxyl groups is 1. The summed E-state index contributed by atoms with van der Waals surface area (Å²) >= 11 is 8.01.